The molecule has 20 heavy (non-hydrogen) atoms. The van der Waals surface area contributed by atoms with Gasteiger partial charge in [0.1, 0.15) is 11.6 Å². The van der Waals surface area contributed by atoms with Gasteiger partial charge in [-0.2, -0.15) is 0 Å². The monoisotopic (exact) mass is 283 g/mol. The summed E-state index contributed by atoms with van der Waals surface area (Å²) in [5.74, 6) is -1.21. The van der Waals surface area contributed by atoms with Crippen molar-refractivity contribution < 1.29 is 23.8 Å². The summed E-state index contributed by atoms with van der Waals surface area (Å²) < 4.78 is 18.3. The predicted molar refractivity (Wildman–Crippen MR) is 71.2 cm³/mol. The van der Waals surface area contributed by atoms with Crippen molar-refractivity contribution in [3.05, 3.63) is 29.6 Å². The number of carboxylic acid groups (broad SMARTS) is 1. The second kappa shape index (κ2) is 7.47. The molecule has 110 valence electrons. The number of amides is 1. The van der Waals surface area contributed by atoms with Crippen molar-refractivity contribution in [2.75, 3.05) is 20.2 Å². The number of carbonyl (C=O) groups is 2. The fourth-order valence-corrected chi connectivity index (χ4v) is 1.85. The highest BCUT2D eigenvalue weighted by atomic mass is 19.1. The van der Waals surface area contributed by atoms with E-state index in [1.165, 1.54) is 30.2 Å². The number of carboxylic acids is 1. The zero-order valence-electron chi connectivity index (χ0n) is 11.6. The standard InChI is InChI=1S/C14H18FNO4/c1-3-16(7-6-14(18)19)13(17)9-10-8-11(15)4-5-12(10)20-2/h4-5,8H,3,6-7,9H2,1-2H3,(H,18,19). The number of likely N-dealkylation sites (N-methyl/N-ethyl adjacent to an activating group) is 1. The topological polar surface area (TPSA) is 66.8 Å². The van der Waals surface area contributed by atoms with Gasteiger partial charge in [-0.1, -0.05) is 0 Å². The molecule has 0 atom stereocenters. The van der Waals surface area contributed by atoms with Crippen LogP contribution in [-0.2, 0) is 16.0 Å². The smallest absolute Gasteiger partial charge is 0.305 e. The van der Waals surface area contributed by atoms with E-state index in [1.54, 1.807) is 6.92 Å². The maximum Gasteiger partial charge on any atom is 0.305 e. The van der Waals surface area contributed by atoms with Crippen molar-refractivity contribution in [3.63, 3.8) is 0 Å². The number of benzene rings is 1. The van der Waals surface area contributed by atoms with Crippen molar-refractivity contribution >= 4 is 11.9 Å². The van der Waals surface area contributed by atoms with Crippen LogP contribution < -0.4 is 4.74 Å². The molecule has 0 saturated carbocycles. The third-order valence-corrected chi connectivity index (χ3v) is 2.91. The molecule has 0 aliphatic heterocycles. The van der Waals surface area contributed by atoms with Gasteiger partial charge in [0, 0.05) is 18.7 Å². The van der Waals surface area contributed by atoms with E-state index in [0.29, 0.717) is 17.9 Å². The molecule has 0 saturated heterocycles. The van der Waals surface area contributed by atoms with Crippen molar-refractivity contribution in [2.24, 2.45) is 0 Å². The summed E-state index contributed by atoms with van der Waals surface area (Å²) in [7, 11) is 1.45. The quantitative estimate of drug-likeness (QED) is 0.827. The lowest BCUT2D eigenvalue weighted by Gasteiger charge is -2.20. The van der Waals surface area contributed by atoms with Crippen LogP contribution in [0.15, 0.2) is 18.2 Å². The second-order valence-electron chi connectivity index (χ2n) is 4.25. The molecule has 1 rings (SSSR count). The summed E-state index contributed by atoms with van der Waals surface area (Å²) in [6.07, 6.45) is -0.131. The third kappa shape index (κ3) is 4.53. The molecule has 1 aromatic rings. The molecule has 0 aliphatic rings. The maximum atomic E-state index is 13.2. The first-order valence-electron chi connectivity index (χ1n) is 6.30. The van der Waals surface area contributed by atoms with Gasteiger partial charge in [-0.25, -0.2) is 4.39 Å². The van der Waals surface area contributed by atoms with Crippen LogP contribution in [-0.4, -0.2) is 42.1 Å². The minimum atomic E-state index is -0.959. The molecule has 0 unspecified atom stereocenters. The van der Waals surface area contributed by atoms with Gasteiger partial charge in [0.05, 0.1) is 20.0 Å². The molecule has 0 spiro atoms. The number of halogens is 1. The molecular weight excluding hydrogens is 265 g/mol. The first-order valence-corrected chi connectivity index (χ1v) is 6.30. The van der Waals surface area contributed by atoms with Crippen molar-refractivity contribution in [1.82, 2.24) is 4.90 Å². The van der Waals surface area contributed by atoms with E-state index in [0.717, 1.165) is 0 Å². The van der Waals surface area contributed by atoms with E-state index in [4.69, 9.17) is 9.84 Å². The molecule has 5 nitrogen and oxygen atoms in total. The highest BCUT2D eigenvalue weighted by Gasteiger charge is 2.16. The van der Waals surface area contributed by atoms with Crippen molar-refractivity contribution in [2.45, 2.75) is 19.8 Å². The molecular formula is C14H18FNO4. The van der Waals surface area contributed by atoms with Crippen LogP contribution >= 0.6 is 0 Å². The minimum absolute atomic E-state index is 0.0195. The number of methoxy groups -OCH3 is 1. The maximum absolute atomic E-state index is 13.2. The molecule has 0 aliphatic carbocycles. The van der Waals surface area contributed by atoms with Crippen molar-refractivity contribution in [1.29, 1.82) is 0 Å². The summed E-state index contributed by atoms with van der Waals surface area (Å²) in [5.41, 5.74) is 0.450. The zero-order chi connectivity index (χ0) is 15.1. The van der Waals surface area contributed by atoms with Gasteiger partial charge in [0.2, 0.25) is 5.91 Å². The molecule has 0 heterocycles. The Hall–Kier alpha value is -2.11. The number of hydrogen-bond donors (Lipinski definition) is 1. The van der Waals surface area contributed by atoms with Crippen LogP contribution in [0.25, 0.3) is 0 Å². The fourth-order valence-electron chi connectivity index (χ4n) is 1.85. The Morgan fingerprint density at radius 2 is 2.10 bits per heavy atom. The van der Waals surface area contributed by atoms with Gasteiger partial charge >= 0.3 is 5.97 Å². The van der Waals surface area contributed by atoms with Crippen LogP contribution in [0.3, 0.4) is 0 Å². The van der Waals surface area contributed by atoms with Crippen LogP contribution in [0.4, 0.5) is 4.39 Å². The summed E-state index contributed by atoms with van der Waals surface area (Å²) in [4.78, 5) is 24.1. The Morgan fingerprint density at radius 3 is 2.65 bits per heavy atom. The number of nitrogens with zero attached hydrogens (tertiary/aromatic N) is 1. The minimum Gasteiger partial charge on any atom is -0.496 e. The number of aliphatic carboxylic acids is 1. The number of carbonyl (C=O) groups excluding carboxylic acids is 1. The zero-order valence-corrected chi connectivity index (χ0v) is 11.6. The molecule has 6 heteroatoms. The highest BCUT2D eigenvalue weighted by molar-refractivity contribution is 5.80. The lowest BCUT2D eigenvalue weighted by Crippen LogP contribution is -2.34. The van der Waals surface area contributed by atoms with Crippen LogP contribution in [0, 0.1) is 5.82 Å². The number of hydrogen-bond acceptors (Lipinski definition) is 3. The Labute approximate surface area is 117 Å². The largest absolute Gasteiger partial charge is 0.496 e. The van der Waals surface area contributed by atoms with Gasteiger partial charge in [-0.3, -0.25) is 9.59 Å². The van der Waals surface area contributed by atoms with E-state index in [1.807, 2.05) is 0 Å². The molecule has 0 radical (unpaired) electrons. The lowest BCUT2D eigenvalue weighted by molar-refractivity contribution is -0.138. The van der Waals surface area contributed by atoms with E-state index in [2.05, 4.69) is 0 Å². The summed E-state index contributed by atoms with van der Waals surface area (Å²) in [6.45, 7) is 2.31. The van der Waals surface area contributed by atoms with Gasteiger partial charge in [-0.05, 0) is 25.1 Å². The highest BCUT2D eigenvalue weighted by Crippen LogP contribution is 2.20. The van der Waals surface area contributed by atoms with E-state index in [9.17, 15) is 14.0 Å². The number of rotatable bonds is 7. The Bertz CT molecular complexity index is 490. The number of ether oxygens (including phenoxy) is 1. The first-order chi connectivity index (χ1) is 9.47. The Morgan fingerprint density at radius 1 is 1.40 bits per heavy atom. The average Bonchev–Trinajstić information content (AvgIpc) is 2.39. The third-order valence-electron chi connectivity index (χ3n) is 2.91. The molecule has 1 aromatic carbocycles. The van der Waals surface area contributed by atoms with E-state index < -0.39 is 11.8 Å². The van der Waals surface area contributed by atoms with Crippen molar-refractivity contribution in [3.8, 4) is 5.75 Å². The van der Waals surface area contributed by atoms with Gasteiger partial charge in [-0.15, -0.1) is 0 Å². The predicted octanol–water partition coefficient (Wildman–Crippen LogP) is 1.70. The molecule has 1 N–H and O–H groups in total. The van der Waals surface area contributed by atoms with Gasteiger partial charge < -0.3 is 14.7 Å². The molecule has 0 bridgehead atoms. The molecule has 1 amide bonds. The molecule has 0 fully saturated rings. The summed E-state index contributed by atoms with van der Waals surface area (Å²) >= 11 is 0. The normalized spacial score (nSPS) is 10.2. The first kappa shape index (κ1) is 15.9. The summed E-state index contributed by atoms with van der Waals surface area (Å²) in [6, 6.07) is 3.97. The van der Waals surface area contributed by atoms with Gasteiger partial charge in [0.25, 0.3) is 0 Å². The Balaban J connectivity index is 2.77. The second-order valence-corrected chi connectivity index (χ2v) is 4.25. The van der Waals surface area contributed by atoms with Gasteiger partial charge in [0.15, 0.2) is 0 Å². The Kier molecular flexibility index (Phi) is 5.96. The molecule has 0 aromatic heterocycles. The SMILES string of the molecule is CCN(CCC(=O)O)C(=O)Cc1cc(F)ccc1OC. The van der Waals surface area contributed by atoms with Crippen LogP contribution in [0.5, 0.6) is 5.75 Å². The van der Waals surface area contributed by atoms with E-state index in [-0.39, 0.29) is 25.3 Å². The summed E-state index contributed by atoms with van der Waals surface area (Å²) in [5, 5.41) is 8.64. The average molecular weight is 283 g/mol. The fraction of sp³-hybridized carbons (Fsp3) is 0.429. The van der Waals surface area contributed by atoms with Crippen LogP contribution in [0.2, 0.25) is 0 Å². The lowest BCUT2D eigenvalue weighted by atomic mass is 10.1. The van der Waals surface area contributed by atoms with E-state index >= 15 is 0 Å². The van der Waals surface area contributed by atoms with Crippen LogP contribution in [0.1, 0.15) is 18.9 Å².